The minimum absolute atomic E-state index is 0.177. The van der Waals surface area contributed by atoms with Crippen LogP contribution in [0.1, 0.15) is 11.1 Å². The van der Waals surface area contributed by atoms with Crippen LogP contribution in [-0.4, -0.2) is 61.9 Å². The number of rotatable bonds is 9. The molecule has 12 heteroatoms. The van der Waals surface area contributed by atoms with E-state index in [1.54, 1.807) is 42.5 Å². The summed E-state index contributed by atoms with van der Waals surface area (Å²) in [5, 5.41) is 2.21. The van der Waals surface area contributed by atoms with Gasteiger partial charge in [-0.25, -0.2) is 4.39 Å². The number of imide groups is 1. The van der Waals surface area contributed by atoms with Crippen molar-refractivity contribution in [3.63, 3.8) is 0 Å². The summed E-state index contributed by atoms with van der Waals surface area (Å²) in [5.41, 5.74) is 2.96. The van der Waals surface area contributed by atoms with Gasteiger partial charge in [-0.15, -0.1) is 0 Å². The van der Waals surface area contributed by atoms with E-state index in [2.05, 4.69) is 26.1 Å². The molecule has 42 heavy (non-hydrogen) atoms. The van der Waals surface area contributed by atoms with Gasteiger partial charge >= 0.3 is 0 Å². The molecule has 2 saturated heterocycles. The molecule has 5 rings (SSSR count). The molecule has 0 spiro atoms. The Hall–Kier alpha value is -3.87. The van der Waals surface area contributed by atoms with Crippen LogP contribution in [0, 0.1) is 5.82 Å². The summed E-state index contributed by atoms with van der Waals surface area (Å²) >= 11 is 4.24. The highest BCUT2D eigenvalue weighted by atomic mass is 79.9. The molecule has 0 aromatic heterocycles. The number of nitrogens with zero attached hydrogens (tertiary/aromatic N) is 2. The number of methoxy groups -OCH3 is 1. The Kier molecular flexibility index (Phi) is 9.45. The van der Waals surface area contributed by atoms with E-state index in [9.17, 15) is 18.8 Å². The molecule has 0 radical (unpaired) electrons. The number of morpholine rings is 1. The maximum atomic E-state index is 13.2. The van der Waals surface area contributed by atoms with Crippen LogP contribution in [0.25, 0.3) is 6.08 Å². The number of ether oxygens (including phenoxy) is 3. The molecule has 2 aliphatic rings. The predicted octanol–water partition coefficient (Wildman–Crippen LogP) is 5.69. The summed E-state index contributed by atoms with van der Waals surface area (Å²) in [6.07, 6.45) is 1.56. The summed E-state index contributed by atoms with van der Waals surface area (Å²) in [7, 11) is 1.49. The smallest absolute Gasteiger partial charge is 0.294 e. The number of hydrogen-bond acceptors (Lipinski definition) is 8. The Morgan fingerprint density at radius 2 is 1.81 bits per heavy atom. The number of thioether (sulfide) groups is 1. The molecule has 2 fully saturated rings. The van der Waals surface area contributed by atoms with E-state index in [1.807, 2.05) is 12.1 Å². The van der Waals surface area contributed by atoms with E-state index >= 15 is 0 Å². The second-order valence-corrected chi connectivity index (χ2v) is 11.3. The molecule has 3 aromatic carbocycles. The van der Waals surface area contributed by atoms with Crippen LogP contribution >= 0.6 is 27.7 Å². The SMILES string of the molecule is COc1cc(/C=C2/SC(=O)N(CC(=O)Nc3ccc(N4CCOCC4)cc3)C2=O)cc(Br)c1OCc1ccc(F)cc1. The molecule has 0 atom stereocenters. The van der Waals surface area contributed by atoms with Crippen molar-refractivity contribution in [1.29, 1.82) is 0 Å². The van der Waals surface area contributed by atoms with Crippen molar-refractivity contribution in [2.45, 2.75) is 6.61 Å². The third kappa shape index (κ3) is 7.12. The number of benzene rings is 3. The molecule has 0 saturated carbocycles. The summed E-state index contributed by atoms with van der Waals surface area (Å²) in [5.74, 6) is -0.543. The number of hydrogen-bond donors (Lipinski definition) is 1. The Balaban J connectivity index is 1.22. The van der Waals surface area contributed by atoms with Crippen molar-refractivity contribution in [2.24, 2.45) is 0 Å². The van der Waals surface area contributed by atoms with Crippen LogP contribution in [0.2, 0.25) is 0 Å². The van der Waals surface area contributed by atoms with E-state index < -0.39 is 23.6 Å². The number of carbonyl (C=O) groups excluding carboxylic acids is 3. The Bertz CT molecular complexity index is 1510. The molecular formula is C30H27BrFN3O6S. The van der Waals surface area contributed by atoms with Gasteiger partial charge < -0.3 is 24.4 Å². The lowest BCUT2D eigenvalue weighted by Gasteiger charge is -2.28. The van der Waals surface area contributed by atoms with E-state index in [0.717, 1.165) is 41.0 Å². The van der Waals surface area contributed by atoms with Gasteiger partial charge in [0.25, 0.3) is 11.1 Å². The van der Waals surface area contributed by atoms with Crippen molar-refractivity contribution < 1.29 is 33.0 Å². The van der Waals surface area contributed by atoms with Crippen LogP contribution in [0.4, 0.5) is 20.6 Å². The fourth-order valence-corrected chi connectivity index (χ4v) is 5.82. The van der Waals surface area contributed by atoms with E-state index in [1.165, 1.54) is 19.2 Å². The average Bonchev–Trinajstić information content (AvgIpc) is 3.25. The van der Waals surface area contributed by atoms with Crippen LogP contribution in [0.3, 0.4) is 0 Å². The van der Waals surface area contributed by atoms with E-state index in [-0.39, 0.29) is 17.3 Å². The van der Waals surface area contributed by atoms with Gasteiger partial charge in [-0.3, -0.25) is 19.3 Å². The normalized spacial score (nSPS) is 16.2. The van der Waals surface area contributed by atoms with Gasteiger partial charge in [-0.1, -0.05) is 12.1 Å². The molecule has 0 unspecified atom stereocenters. The minimum Gasteiger partial charge on any atom is -0.493 e. The van der Waals surface area contributed by atoms with Crippen molar-refractivity contribution in [3.05, 3.63) is 87.0 Å². The summed E-state index contributed by atoms with van der Waals surface area (Å²) in [6, 6.07) is 16.8. The monoisotopic (exact) mass is 655 g/mol. The van der Waals surface area contributed by atoms with Gasteiger partial charge in [0, 0.05) is 24.5 Å². The first kappa shape index (κ1) is 29.6. The minimum atomic E-state index is -0.561. The zero-order valence-electron chi connectivity index (χ0n) is 22.6. The third-order valence-corrected chi connectivity index (χ3v) is 8.04. The summed E-state index contributed by atoms with van der Waals surface area (Å²) in [4.78, 5) is 41.7. The summed E-state index contributed by atoms with van der Waals surface area (Å²) < 4.78 is 30.5. The zero-order chi connectivity index (χ0) is 29.6. The molecule has 3 aromatic rings. The zero-order valence-corrected chi connectivity index (χ0v) is 25.0. The first-order chi connectivity index (χ1) is 20.3. The molecule has 2 heterocycles. The highest BCUT2D eigenvalue weighted by molar-refractivity contribution is 9.10. The topological polar surface area (TPSA) is 97.4 Å². The first-order valence-corrected chi connectivity index (χ1v) is 14.6. The maximum Gasteiger partial charge on any atom is 0.294 e. The molecule has 1 N–H and O–H groups in total. The number of amides is 3. The van der Waals surface area contributed by atoms with E-state index in [0.29, 0.717) is 40.4 Å². The lowest BCUT2D eigenvalue weighted by molar-refractivity contribution is -0.127. The lowest BCUT2D eigenvalue weighted by Crippen LogP contribution is -2.36. The fourth-order valence-electron chi connectivity index (χ4n) is 4.41. The van der Waals surface area contributed by atoms with E-state index in [4.69, 9.17) is 14.2 Å². The van der Waals surface area contributed by atoms with Gasteiger partial charge in [0.2, 0.25) is 5.91 Å². The highest BCUT2D eigenvalue weighted by Gasteiger charge is 2.36. The number of halogens is 2. The first-order valence-electron chi connectivity index (χ1n) is 13.0. The van der Waals surface area contributed by atoms with Crippen molar-refractivity contribution in [1.82, 2.24) is 4.90 Å². The third-order valence-electron chi connectivity index (χ3n) is 6.55. The second kappa shape index (κ2) is 13.4. The Labute approximate surface area is 254 Å². The number of anilines is 2. The predicted molar refractivity (Wildman–Crippen MR) is 162 cm³/mol. The van der Waals surface area contributed by atoms with Gasteiger partial charge in [0.15, 0.2) is 11.5 Å². The molecule has 0 bridgehead atoms. The number of nitrogens with one attached hydrogen (secondary N) is 1. The van der Waals surface area contributed by atoms with Crippen molar-refractivity contribution in [2.75, 3.05) is 50.2 Å². The Morgan fingerprint density at radius 1 is 1.10 bits per heavy atom. The van der Waals surface area contributed by atoms with Crippen LogP contribution in [0.15, 0.2) is 70.0 Å². The highest BCUT2D eigenvalue weighted by Crippen LogP contribution is 2.39. The van der Waals surface area contributed by atoms with Gasteiger partial charge in [0.05, 0.1) is 29.7 Å². The van der Waals surface area contributed by atoms with Crippen LogP contribution in [0.5, 0.6) is 11.5 Å². The molecule has 218 valence electrons. The quantitative estimate of drug-likeness (QED) is 0.294. The van der Waals surface area contributed by atoms with Gasteiger partial charge in [-0.05, 0) is 93.4 Å². The molecule has 9 nitrogen and oxygen atoms in total. The van der Waals surface area contributed by atoms with Crippen LogP contribution < -0.4 is 19.7 Å². The van der Waals surface area contributed by atoms with Crippen LogP contribution in [-0.2, 0) is 20.9 Å². The molecule has 3 amide bonds. The van der Waals surface area contributed by atoms with Gasteiger partial charge in [0.1, 0.15) is 19.0 Å². The largest absolute Gasteiger partial charge is 0.493 e. The molecule has 0 aliphatic carbocycles. The van der Waals surface area contributed by atoms with Crippen molar-refractivity contribution in [3.8, 4) is 11.5 Å². The van der Waals surface area contributed by atoms with Gasteiger partial charge in [-0.2, -0.15) is 0 Å². The standard InChI is InChI=1S/C30H27BrFN3O6S/c1-39-25-15-20(14-24(31)28(25)41-18-19-2-4-21(32)5-3-19)16-26-29(37)35(30(38)42-26)17-27(36)33-22-6-8-23(9-7-22)34-10-12-40-13-11-34/h2-9,14-16H,10-13,17-18H2,1H3,(H,33,36)/b26-16+. The average molecular weight is 657 g/mol. The molecule has 2 aliphatic heterocycles. The number of carbonyl (C=O) groups is 3. The molecular weight excluding hydrogens is 629 g/mol. The van der Waals surface area contributed by atoms with Crippen molar-refractivity contribution >= 4 is 62.2 Å². The second-order valence-electron chi connectivity index (χ2n) is 9.41. The Morgan fingerprint density at radius 3 is 2.50 bits per heavy atom. The maximum absolute atomic E-state index is 13.2. The summed E-state index contributed by atoms with van der Waals surface area (Å²) in [6.45, 7) is 2.74. The fraction of sp³-hybridized carbons (Fsp3) is 0.233. The lowest BCUT2D eigenvalue weighted by atomic mass is 10.1.